The van der Waals surface area contributed by atoms with Crippen LogP contribution in [0.2, 0.25) is 0 Å². The molecule has 3 aromatic rings. The number of carboxylic acid groups (broad SMARTS) is 1. The average Bonchev–Trinajstić information content (AvgIpc) is 2.76. The van der Waals surface area contributed by atoms with Crippen LogP contribution in [0.5, 0.6) is 0 Å². The van der Waals surface area contributed by atoms with Gasteiger partial charge in [0.25, 0.3) is 0 Å². The van der Waals surface area contributed by atoms with Crippen molar-refractivity contribution in [2.45, 2.75) is 27.4 Å². The van der Waals surface area contributed by atoms with Crippen molar-refractivity contribution < 1.29 is 18.3 Å². The lowest BCUT2D eigenvalue weighted by Gasteiger charge is -2.13. The number of nitrogens with one attached hydrogen (secondary N) is 1. The van der Waals surface area contributed by atoms with Gasteiger partial charge >= 0.3 is 5.97 Å². The Morgan fingerprint density at radius 3 is 2.32 bits per heavy atom. The topological polar surface area (TPSA) is 135 Å². The molecule has 0 saturated carbocycles. The summed E-state index contributed by atoms with van der Waals surface area (Å²) in [5.74, 6) is -0.353. The first-order chi connectivity index (χ1) is 14.8. The largest absolute Gasteiger partial charge is 0.477 e. The fraction of sp³-hybridized carbons (Fsp3) is 0.150. The number of carbonyl (C=O) groups is 1. The molecule has 0 aliphatic carbocycles. The highest BCUT2D eigenvalue weighted by molar-refractivity contribution is 7.99. The number of hydrogen-bond acceptors (Lipinski definition) is 8. The summed E-state index contributed by atoms with van der Waals surface area (Å²) in [4.78, 5) is 20.7. The first-order valence-electron chi connectivity index (χ1n) is 8.99. The van der Waals surface area contributed by atoms with Gasteiger partial charge in [0, 0.05) is 12.3 Å². The van der Waals surface area contributed by atoms with Gasteiger partial charge in [-0.2, -0.15) is 0 Å². The maximum atomic E-state index is 12.0. The highest BCUT2D eigenvalue weighted by Gasteiger charge is 2.21. The summed E-state index contributed by atoms with van der Waals surface area (Å²) < 4.78 is 22.8. The minimum atomic E-state index is -3.77. The number of benzene rings is 2. The van der Waals surface area contributed by atoms with Gasteiger partial charge in [0.1, 0.15) is 16.4 Å². The van der Waals surface area contributed by atoms with Crippen molar-refractivity contribution in [2.75, 3.05) is 11.6 Å². The zero-order chi connectivity index (χ0) is 22.4. The molecule has 2 aromatic carbocycles. The lowest BCUT2D eigenvalue weighted by molar-refractivity contribution is 0.0692. The van der Waals surface area contributed by atoms with E-state index < -0.39 is 16.0 Å². The van der Waals surface area contributed by atoms with Gasteiger partial charge in [0.15, 0.2) is 5.16 Å². The summed E-state index contributed by atoms with van der Waals surface area (Å²) in [6, 6.07) is 15.7. The second-order valence-corrected chi connectivity index (χ2v) is 9.66. The van der Waals surface area contributed by atoms with Crippen molar-refractivity contribution in [2.24, 2.45) is 5.14 Å². The fourth-order valence-corrected chi connectivity index (χ4v) is 4.56. The van der Waals surface area contributed by atoms with E-state index in [9.17, 15) is 18.3 Å². The normalized spacial score (nSPS) is 11.3. The van der Waals surface area contributed by atoms with Crippen LogP contribution in [0, 0.1) is 0 Å². The summed E-state index contributed by atoms with van der Waals surface area (Å²) in [5, 5.41) is 18.8. The van der Waals surface area contributed by atoms with Crippen LogP contribution in [0.4, 0.5) is 5.82 Å². The van der Waals surface area contributed by atoms with Gasteiger partial charge in [-0.3, -0.25) is 0 Å². The van der Waals surface area contributed by atoms with Gasteiger partial charge in [-0.15, -0.1) is 11.8 Å². The molecule has 0 aliphatic rings. The minimum absolute atomic E-state index is 0.000104. The van der Waals surface area contributed by atoms with Crippen molar-refractivity contribution >= 4 is 45.3 Å². The lowest BCUT2D eigenvalue weighted by atomic mass is 10.2. The molecule has 0 atom stereocenters. The number of primary sulfonamides is 1. The van der Waals surface area contributed by atoms with E-state index in [0.717, 1.165) is 11.1 Å². The average molecular weight is 477 g/mol. The molecule has 0 bridgehead atoms. The molecular formula is C20H20N4O4S3. The summed E-state index contributed by atoms with van der Waals surface area (Å²) >= 11 is 2.65. The Bertz CT molecular complexity index is 1170. The maximum absolute atomic E-state index is 12.0. The Hall–Kier alpha value is -2.60. The van der Waals surface area contributed by atoms with Crippen molar-refractivity contribution in [1.29, 1.82) is 0 Å². The number of anilines is 1. The summed E-state index contributed by atoms with van der Waals surface area (Å²) in [6.07, 6.45) is 1.82. The third kappa shape index (κ3) is 6.20. The second kappa shape index (κ2) is 10.1. The monoisotopic (exact) mass is 476 g/mol. The van der Waals surface area contributed by atoms with Crippen LogP contribution in [-0.2, 0) is 22.3 Å². The zero-order valence-corrected chi connectivity index (χ0v) is 18.9. The van der Waals surface area contributed by atoms with E-state index in [-0.39, 0.29) is 22.8 Å². The predicted octanol–water partition coefficient (Wildman–Crippen LogP) is 3.45. The van der Waals surface area contributed by atoms with Crippen LogP contribution < -0.4 is 10.5 Å². The Morgan fingerprint density at radius 2 is 1.74 bits per heavy atom. The molecule has 0 unspecified atom stereocenters. The Labute approximate surface area is 188 Å². The molecule has 162 valence electrons. The molecule has 31 heavy (non-hydrogen) atoms. The highest BCUT2D eigenvalue weighted by atomic mass is 32.2. The molecule has 0 radical (unpaired) electrons. The van der Waals surface area contributed by atoms with E-state index in [4.69, 9.17) is 5.14 Å². The molecule has 11 heteroatoms. The van der Waals surface area contributed by atoms with Crippen molar-refractivity contribution in [3.8, 4) is 0 Å². The highest BCUT2D eigenvalue weighted by Crippen LogP contribution is 2.30. The first-order valence-corrected chi connectivity index (χ1v) is 12.7. The zero-order valence-electron chi connectivity index (χ0n) is 16.5. The quantitative estimate of drug-likeness (QED) is 0.241. The Balaban J connectivity index is 1.85. The molecule has 4 N–H and O–H groups in total. The van der Waals surface area contributed by atoms with Crippen LogP contribution in [0.15, 0.2) is 69.7 Å². The van der Waals surface area contributed by atoms with E-state index in [1.807, 2.05) is 36.6 Å². The second-order valence-electron chi connectivity index (χ2n) is 6.36. The van der Waals surface area contributed by atoms with E-state index in [1.165, 1.54) is 35.7 Å². The van der Waals surface area contributed by atoms with Gasteiger partial charge < -0.3 is 10.4 Å². The van der Waals surface area contributed by atoms with Crippen molar-refractivity contribution in [3.05, 3.63) is 71.3 Å². The van der Waals surface area contributed by atoms with Crippen LogP contribution in [0.25, 0.3) is 0 Å². The molecule has 8 nitrogen and oxygen atoms in total. The van der Waals surface area contributed by atoms with E-state index >= 15 is 0 Å². The first kappa shape index (κ1) is 23.1. The van der Waals surface area contributed by atoms with Crippen molar-refractivity contribution in [3.63, 3.8) is 0 Å². The molecule has 1 heterocycles. The number of thioether (sulfide) groups is 2. The number of hydrogen-bond donors (Lipinski definition) is 3. The third-order valence-corrected chi connectivity index (χ3v) is 6.71. The number of rotatable bonds is 9. The van der Waals surface area contributed by atoms with Crippen molar-refractivity contribution in [1.82, 2.24) is 9.97 Å². The predicted molar refractivity (Wildman–Crippen MR) is 122 cm³/mol. The number of carboxylic acids is 1. The van der Waals surface area contributed by atoms with Gasteiger partial charge in [0.05, 0.1) is 4.90 Å². The number of nitrogens with zero attached hydrogens (tertiary/aromatic N) is 2. The Morgan fingerprint density at radius 1 is 1.06 bits per heavy atom. The molecule has 0 aliphatic heterocycles. The minimum Gasteiger partial charge on any atom is -0.477 e. The fourth-order valence-electron chi connectivity index (χ4n) is 2.65. The molecule has 3 rings (SSSR count). The van der Waals surface area contributed by atoms with Gasteiger partial charge in [-0.25, -0.2) is 28.3 Å². The number of nitrogens with two attached hydrogens (primary N) is 1. The van der Waals surface area contributed by atoms with Gasteiger partial charge in [0.2, 0.25) is 10.0 Å². The van der Waals surface area contributed by atoms with Crippen LogP contribution >= 0.6 is 23.5 Å². The van der Waals surface area contributed by atoms with Crippen LogP contribution in [0.3, 0.4) is 0 Å². The molecule has 1 aromatic heterocycles. The SMILES string of the molecule is CSc1nc(NCc2ccc(S(N)(=O)=O)cc2)c(C(=O)O)c(SCc2ccccc2)n1. The molecule has 0 fully saturated rings. The standard InChI is InChI=1S/C20H20N4O4S3/c1-29-20-23-17(22-11-13-7-9-15(10-8-13)31(21,27)28)16(19(25)26)18(24-20)30-12-14-5-3-2-4-6-14/h2-10H,11-12H2,1H3,(H,25,26)(H2,21,27,28)(H,22,23,24). The molecule has 0 amide bonds. The Kier molecular flexibility index (Phi) is 7.55. The summed E-state index contributed by atoms with van der Waals surface area (Å²) in [7, 11) is -3.77. The summed E-state index contributed by atoms with van der Waals surface area (Å²) in [5.41, 5.74) is 1.80. The van der Waals surface area contributed by atoms with E-state index in [2.05, 4.69) is 15.3 Å². The van der Waals surface area contributed by atoms with Crippen LogP contribution in [0.1, 0.15) is 21.5 Å². The number of sulfonamides is 1. The van der Waals surface area contributed by atoms with Crippen LogP contribution in [-0.4, -0.2) is 35.7 Å². The summed E-state index contributed by atoms with van der Waals surface area (Å²) in [6.45, 7) is 0.249. The van der Waals surface area contributed by atoms with E-state index in [1.54, 1.807) is 12.1 Å². The molecule has 0 saturated heterocycles. The van der Waals surface area contributed by atoms with Gasteiger partial charge in [-0.1, -0.05) is 54.2 Å². The lowest BCUT2D eigenvalue weighted by Crippen LogP contribution is -2.13. The maximum Gasteiger partial charge on any atom is 0.342 e. The smallest absolute Gasteiger partial charge is 0.342 e. The number of aromatic nitrogens is 2. The molecule has 0 spiro atoms. The number of aromatic carboxylic acids is 1. The van der Waals surface area contributed by atoms with Gasteiger partial charge in [-0.05, 0) is 29.5 Å². The third-order valence-electron chi connectivity index (χ3n) is 4.18. The molecular weight excluding hydrogens is 456 g/mol. The van der Waals surface area contributed by atoms with E-state index in [0.29, 0.717) is 15.9 Å².